The Balaban J connectivity index is 1.41. The topological polar surface area (TPSA) is 119 Å². The molecule has 2 aromatic rings. The third-order valence-electron chi connectivity index (χ3n) is 5.97. The van der Waals surface area contributed by atoms with Crippen molar-refractivity contribution in [1.82, 2.24) is 20.7 Å². The lowest BCUT2D eigenvalue weighted by Gasteiger charge is -2.29. The summed E-state index contributed by atoms with van der Waals surface area (Å²) in [6, 6.07) is 8.75. The van der Waals surface area contributed by atoms with Gasteiger partial charge in [0, 0.05) is 13.2 Å². The fraction of sp³-hybridized carbons (Fsp3) is 0.286. The van der Waals surface area contributed by atoms with Crippen molar-refractivity contribution in [3.05, 3.63) is 53.2 Å². The van der Waals surface area contributed by atoms with Gasteiger partial charge in [0.15, 0.2) is 11.5 Å². The molecule has 0 spiro atoms. The summed E-state index contributed by atoms with van der Waals surface area (Å²) < 4.78 is 38.9. The number of halogens is 4. The molecule has 3 aliphatic rings. The van der Waals surface area contributed by atoms with Crippen LogP contribution in [-0.2, 0) is 20.6 Å². The summed E-state index contributed by atoms with van der Waals surface area (Å²) in [7, 11) is 1.25. The molecule has 15 heteroatoms. The minimum Gasteiger partial charge on any atom is -0.381 e. The van der Waals surface area contributed by atoms with E-state index in [0.29, 0.717) is 23.0 Å². The number of oxime groups is 1. The first-order valence-electron chi connectivity index (χ1n) is 10.5. The summed E-state index contributed by atoms with van der Waals surface area (Å²) in [5.74, 6) is -3.07. The van der Waals surface area contributed by atoms with Crippen molar-refractivity contribution in [3.63, 3.8) is 0 Å². The molecule has 3 aliphatic heterocycles. The number of fused-ring (bicyclic) bond motifs is 1. The van der Waals surface area contributed by atoms with Gasteiger partial charge in [-0.25, -0.2) is 14.8 Å². The number of aromatic nitrogens is 1. The molecule has 3 atom stereocenters. The summed E-state index contributed by atoms with van der Waals surface area (Å²) in [5.41, 5.74) is 1.04. The van der Waals surface area contributed by atoms with E-state index in [-0.39, 0.29) is 11.5 Å². The Morgan fingerprint density at radius 3 is 2.50 bits per heavy atom. The number of hydrogen-bond acceptors (Lipinski definition) is 8. The van der Waals surface area contributed by atoms with Gasteiger partial charge in [0.05, 0.1) is 16.3 Å². The van der Waals surface area contributed by atoms with E-state index in [9.17, 15) is 27.6 Å². The Morgan fingerprint density at radius 2 is 1.86 bits per heavy atom. The van der Waals surface area contributed by atoms with Crippen LogP contribution in [0.4, 0.5) is 29.5 Å². The zero-order valence-corrected chi connectivity index (χ0v) is 19.3. The van der Waals surface area contributed by atoms with Crippen molar-refractivity contribution in [1.29, 1.82) is 0 Å². The van der Waals surface area contributed by atoms with E-state index in [4.69, 9.17) is 16.4 Å². The summed E-state index contributed by atoms with van der Waals surface area (Å²) in [4.78, 5) is 48.1. The van der Waals surface area contributed by atoms with Gasteiger partial charge in [0.2, 0.25) is 6.10 Å². The number of amides is 4. The van der Waals surface area contributed by atoms with Gasteiger partial charge in [-0.3, -0.25) is 14.6 Å². The van der Waals surface area contributed by atoms with Crippen LogP contribution in [0.2, 0.25) is 5.02 Å². The standard InChI is InChI=1S/C21H17ClF3N7O4/c1-20(27-19(35)31(29-20)11-6-4-3-5-7-11)15-13-14(36-28-15)18(34)32(17(13)33)30(2)16-12(22)8-10(9-26-16)21(23,24)25/h3-9,13-14,29H,1-2H3,(H,27,35)/t13-,14-,20+/m1/s1. The van der Waals surface area contributed by atoms with E-state index in [1.807, 2.05) is 0 Å². The molecule has 11 nitrogen and oxygen atoms in total. The van der Waals surface area contributed by atoms with Gasteiger partial charge in [-0.15, -0.1) is 0 Å². The summed E-state index contributed by atoms with van der Waals surface area (Å²) in [6.07, 6.45) is -5.47. The number of rotatable bonds is 4. The Morgan fingerprint density at radius 1 is 1.17 bits per heavy atom. The predicted octanol–water partition coefficient (Wildman–Crippen LogP) is 2.30. The molecule has 5 rings (SSSR count). The maximum atomic E-state index is 13.4. The number of anilines is 2. The molecule has 4 heterocycles. The van der Waals surface area contributed by atoms with Crippen LogP contribution in [0, 0.1) is 5.92 Å². The number of hydrogen-bond donors (Lipinski definition) is 2. The van der Waals surface area contributed by atoms with E-state index in [1.54, 1.807) is 37.3 Å². The fourth-order valence-electron chi connectivity index (χ4n) is 4.24. The number of imide groups is 1. The van der Waals surface area contributed by atoms with Gasteiger partial charge in [-0.05, 0) is 25.1 Å². The first-order valence-corrected chi connectivity index (χ1v) is 10.8. The van der Waals surface area contributed by atoms with Crippen molar-refractivity contribution in [2.45, 2.75) is 24.9 Å². The zero-order valence-electron chi connectivity index (χ0n) is 18.6. The molecule has 2 saturated heterocycles. The Bertz CT molecular complexity index is 1310. The van der Waals surface area contributed by atoms with Crippen molar-refractivity contribution in [2.24, 2.45) is 11.1 Å². The Hall–Kier alpha value is -3.91. The van der Waals surface area contributed by atoms with E-state index in [1.165, 1.54) is 12.1 Å². The van der Waals surface area contributed by atoms with Crippen LogP contribution in [0.3, 0.4) is 0 Å². The van der Waals surface area contributed by atoms with Gasteiger partial charge in [0.25, 0.3) is 11.8 Å². The highest BCUT2D eigenvalue weighted by Gasteiger charge is 2.62. The third kappa shape index (κ3) is 3.60. The average molecular weight is 524 g/mol. The molecule has 0 aliphatic carbocycles. The van der Waals surface area contributed by atoms with Crippen LogP contribution in [0.25, 0.3) is 0 Å². The van der Waals surface area contributed by atoms with Crippen LogP contribution >= 0.6 is 11.6 Å². The quantitative estimate of drug-likeness (QED) is 0.590. The van der Waals surface area contributed by atoms with E-state index in [2.05, 4.69) is 20.9 Å². The molecule has 2 N–H and O–H groups in total. The van der Waals surface area contributed by atoms with Gasteiger partial charge in [-0.2, -0.15) is 23.6 Å². The Labute approximate surface area is 206 Å². The van der Waals surface area contributed by atoms with Gasteiger partial charge < -0.3 is 10.2 Å². The van der Waals surface area contributed by atoms with Crippen molar-refractivity contribution in [3.8, 4) is 0 Å². The lowest BCUT2D eigenvalue weighted by molar-refractivity contribution is -0.143. The highest BCUT2D eigenvalue weighted by Crippen LogP contribution is 2.38. The van der Waals surface area contributed by atoms with E-state index in [0.717, 1.165) is 5.01 Å². The normalized spacial score (nSPS) is 25.6. The minimum absolute atomic E-state index is 0.0417. The summed E-state index contributed by atoms with van der Waals surface area (Å²) in [6.45, 7) is 1.55. The first kappa shape index (κ1) is 23.8. The molecule has 0 radical (unpaired) electrons. The molecular weight excluding hydrogens is 507 g/mol. The summed E-state index contributed by atoms with van der Waals surface area (Å²) >= 11 is 6.00. The molecule has 0 unspecified atom stereocenters. The molecule has 36 heavy (non-hydrogen) atoms. The van der Waals surface area contributed by atoms with Gasteiger partial charge >= 0.3 is 12.2 Å². The van der Waals surface area contributed by atoms with Crippen molar-refractivity contribution < 1.29 is 32.4 Å². The molecular formula is C21H17ClF3N7O4. The van der Waals surface area contributed by atoms with Crippen LogP contribution in [-0.4, -0.2) is 52.4 Å². The zero-order chi connectivity index (χ0) is 26.0. The number of pyridine rings is 1. The minimum atomic E-state index is -4.68. The van der Waals surface area contributed by atoms with Crippen LogP contribution < -0.4 is 20.8 Å². The molecule has 2 fully saturated rings. The number of nitrogens with one attached hydrogen (secondary N) is 2. The van der Waals surface area contributed by atoms with Crippen LogP contribution in [0.1, 0.15) is 12.5 Å². The van der Waals surface area contributed by atoms with E-state index >= 15 is 0 Å². The predicted molar refractivity (Wildman–Crippen MR) is 119 cm³/mol. The maximum absolute atomic E-state index is 13.4. The molecule has 0 saturated carbocycles. The smallest absolute Gasteiger partial charge is 0.381 e. The van der Waals surface area contributed by atoms with Crippen LogP contribution in [0.15, 0.2) is 47.8 Å². The highest BCUT2D eigenvalue weighted by molar-refractivity contribution is 6.33. The SMILES string of the molecule is CN(c1ncc(C(F)(F)F)cc1Cl)N1C(=O)[C@H]2C([C@@]3(C)NC(=O)N(c4ccccc4)N3)=NO[C@H]2C1=O. The molecule has 4 amide bonds. The summed E-state index contributed by atoms with van der Waals surface area (Å²) in [5, 5.41) is 9.06. The number of urea groups is 1. The molecule has 1 aromatic carbocycles. The monoisotopic (exact) mass is 523 g/mol. The number of carbonyl (C=O) groups is 3. The number of alkyl halides is 3. The van der Waals surface area contributed by atoms with Crippen LogP contribution in [0.5, 0.6) is 0 Å². The lowest BCUT2D eigenvalue weighted by Crippen LogP contribution is -2.58. The third-order valence-corrected chi connectivity index (χ3v) is 6.24. The Kier molecular flexibility index (Phi) is 5.33. The second kappa shape index (κ2) is 8.06. The van der Waals surface area contributed by atoms with Gasteiger partial charge in [0.1, 0.15) is 11.6 Å². The first-order chi connectivity index (χ1) is 16.9. The number of nitrogens with zero attached hydrogens (tertiary/aromatic N) is 5. The largest absolute Gasteiger partial charge is 0.417 e. The number of carbonyl (C=O) groups excluding carboxylic acids is 3. The fourth-order valence-corrected chi connectivity index (χ4v) is 4.53. The van der Waals surface area contributed by atoms with Gasteiger partial charge in [-0.1, -0.05) is 35.0 Å². The highest BCUT2D eigenvalue weighted by atomic mass is 35.5. The second-order valence-corrected chi connectivity index (χ2v) is 8.76. The number of benzene rings is 1. The van der Waals surface area contributed by atoms with Crippen molar-refractivity contribution in [2.75, 3.05) is 17.1 Å². The second-order valence-electron chi connectivity index (χ2n) is 8.36. The van der Waals surface area contributed by atoms with Crippen molar-refractivity contribution >= 4 is 46.7 Å². The molecule has 1 aromatic heterocycles. The van der Waals surface area contributed by atoms with E-state index < -0.39 is 52.3 Å². The number of hydrazine groups is 2. The molecule has 0 bridgehead atoms. The maximum Gasteiger partial charge on any atom is 0.417 e. The lowest BCUT2D eigenvalue weighted by atomic mass is 9.91. The molecule has 188 valence electrons. The number of para-hydroxylation sites is 1. The average Bonchev–Trinajstić information content (AvgIpc) is 3.47.